The summed E-state index contributed by atoms with van der Waals surface area (Å²) in [7, 11) is 0. The summed E-state index contributed by atoms with van der Waals surface area (Å²) in [4.78, 5) is 0. The average Bonchev–Trinajstić information content (AvgIpc) is 2.39. The van der Waals surface area contributed by atoms with E-state index in [2.05, 4.69) is 30.3 Å². The minimum atomic E-state index is -0.241. The highest BCUT2D eigenvalue weighted by atomic mass is 14.6. The molecule has 2 N–H and O–H groups in total. The van der Waals surface area contributed by atoms with Crippen LogP contribution in [0, 0.1) is 11.3 Å². The van der Waals surface area contributed by atoms with Gasteiger partial charge in [0.15, 0.2) is 0 Å². The molecule has 1 fully saturated rings. The van der Waals surface area contributed by atoms with Crippen molar-refractivity contribution < 1.29 is 0 Å². The fraction of sp³-hybridized carbons (Fsp3) is 0.533. The van der Waals surface area contributed by atoms with Gasteiger partial charge in [-0.3, -0.25) is 0 Å². The van der Waals surface area contributed by atoms with E-state index in [9.17, 15) is 5.26 Å². The predicted molar refractivity (Wildman–Crippen MR) is 69.4 cm³/mol. The molecule has 1 aliphatic rings. The molecule has 1 aromatic carbocycles. The summed E-state index contributed by atoms with van der Waals surface area (Å²) < 4.78 is 0. The number of hydrogen-bond donors (Lipinski definition) is 1. The van der Waals surface area contributed by atoms with Gasteiger partial charge in [0, 0.05) is 6.04 Å². The van der Waals surface area contributed by atoms with E-state index in [-0.39, 0.29) is 11.5 Å². The Morgan fingerprint density at radius 2 is 1.76 bits per heavy atom. The number of nitrogens with zero attached hydrogens (tertiary/aromatic N) is 1. The van der Waals surface area contributed by atoms with E-state index < -0.39 is 0 Å². The molecule has 2 heteroatoms. The Morgan fingerprint density at radius 3 is 2.24 bits per heavy atom. The summed E-state index contributed by atoms with van der Waals surface area (Å²) >= 11 is 0. The molecular weight excluding hydrogens is 208 g/mol. The number of benzene rings is 1. The van der Waals surface area contributed by atoms with Crippen molar-refractivity contribution in [2.45, 2.75) is 50.5 Å². The van der Waals surface area contributed by atoms with Gasteiger partial charge in [0.1, 0.15) is 0 Å². The van der Waals surface area contributed by atoms with Crippen LogP contribution in [0.1, 0.15) is 56.2 Å². The monoisotopic (exact) mass is 228 g/mol. The van der Waals surface area contributed by atoms with Gasteiger partial charge in [-0.05, 0) is 30.9 Å². The van der Waals surface area contributed by atoms with Crippen LogP contribution in [0.25, 0.3) is 0 Å². The minimum Gasteiger partial charge on any atom is -0.324 e. The minimum absolute atomic E-state index is 0.0634. The lowest BCUT2D eigenvalue weighted by Gasteiger charge is -2.31. The van der Waals surface area contributed by atoms with Gasteiger partial charge in [-0.25, -0.2) is 0 Å². The van der Waals surface area contributed by atoms with E-state index in [4.69, 9.17) is 5.73 Å². The van der Waals surface area contributed by atoms with Crippen molar-refractivity contribution in [1.82, 2.24) is 0 Å². The third-order valence-corrected chi connectivity index (χ3v) is 3.91. The van der Waals surface area contributed by atoms with Gasteiger partial charge in [0.05, 0.1) is 11.5 Å². The van der Waals surface area contributed by atoms with Crippen LogP contribution in [-0.4, -0.2) is 0 Å². The molecule has 0 saturated heterocycles. The zero-order valence-electron chi connectivity index (χ0n) is 10.4. The summed E-state index contributed by atoms with van der Waals surface area (Å²) in [6, 6.07) is 10.9. The second-order valence-electron chi connectivity index (χ2n) is 5.17. The van der Waals surface area contributed by atoms with Crippen LogP contribution in [0.2, 0.25) is 0 Å². The van der Waals surface area contributed by atoms with Gasteiger partial charge in [-0.2, -0.15) is 5.26 Å². The maximum Gasteiger partial charge on any atom is 0.0822 e. The molecule has 0 aliphatic heterocycles. The zero-order valence-corrected chi connectivity index (χ0v) is 10.4. The first-order valence-electron chi connectivity index (χ1n) is 6.45. The second kappa shape index (κ2) is 4.89. The molecule has 90 valence electrons. The van der Waals surface area contributed by atoms with Crippen molar-refractivity contribution >= 4 is 0 Å². The van der Waals surface area contributed by atoms with Crippen molar-refractivity contribution in [3.05, 3.63) is 35.4 Å². The van der Waals surface area contributed by atoms with Crippen LogP contribution >= 0.6 is 0 Å². The normalized spacial score (nSPS) is 20.5. The van der Waals surface area contributed by atoms with Crippen LogP contribution in [0.4, 0.5) is 0 Å². The van der Waals surface area contributed by atoms with Gasteiger partial charge in [0.25, 0.3) is 0 Å². The Hall–Kier alpha value is -1.33. The molecular formula is C15H20N2. The third kappa shape index (κ3) is 2.35. The summed E-state index contributed by atoms with van der Waals surface area (Å²) in [5.41, 5.74) is 7.91. The molecule has 2 nitrogen and oxygen atoms in total. The van der Waals surface area contributed by atoms with Crippen molar-refractivity contribution in [2.24, 2.45) is 5.73 Å². The standard InChI is InChI=1S/C15H20N2/c1-12(17)13-5-7-14(8-6-13)15(11-16)9-3-2-4-10-15/h5-8,12H,2-4,9-10,17H2,1H3. The van der Waals surface area contributed by atoms with Crippen molar-refractivity contribution in [2.75, 3.05) is 0 Å². The van der Waals surface area contributed by atoms with E-state index in [0.717, 1.165) is 18.4 Å². The first kappa shape index (κ1) is 12.1. The first-order chi connectivity index (χ1) is 8.18. The second-order valence-corrected chi connectivity index (χ2v) is 5.17. The maximum absolute atomic E-state index is 9.50. The Bertz CT molecular complexity index is 406. The maximum atomic E-state index is 9.50. The quantitative estimate of drug-likeness (QED) is 0.843. The van der Waals surface area contributed by atoms with E-state index in [1.54, 1.807) is 0 Å². The molecule has 0 amide bonds. The number of hydrogen-bond acceptors (Lipinski definition) is 2. The van der Waals surface area contributed by atoms with E-state index in [0.29, 0.717) is 0 Å². The number of nitriles is 1. The lowest BCUT2D eigenvalue weighted by molar-refractivity contribution is 0.366. The molecule has 1 aromatic rings. The lowest BCUT2D eigenvalue weighted by Crippen LogP contribution is -2.27. The Labute approximate surface area is 103 Å². The van der Waals surface area contributed by atoms with E-state index in [1.165, 1.54) is 24.8 Å². The number of rotatable bonds is 2. The summed E-state index contributed by atoms with van der Waals surface area (Å²) in [5.74, 6) is 0. The van der Waals surface area contributed by atoms with E-state index >= 15 is 0 Å². The Morgan fingerprint density at radius 1 is 1.18 bits per heavy atom. The smallest absolute Gasteiger partial charge is 0.0822 e. The van der Waals surface area contributed by atoms with E-state index in [1.807, 2.05) is 6.92 Å². The highest BCUT2D eigenvalue weighted by Crippen LogP contribution is 2.39. The molecule has 17 heavy (non-hydrogen) atoms. The zero-order chi connectivity index (χ0) is 12.3. The predicted octanol–water partition coefficient (Wildman–Crippen LogP) is 3.43. The molecule has 1 aliphatic carbocycles. The van der Waals surface area contributed by atoms with Gasteiger partial charge >= 0.3 is 0 Å². The lowest BCUT2D eigenvalue weighted by atomic mass is 9.70. The van der Waals surface area contributed by atoms with Crippen LogP contribution in [0.5, 0.6) is 0 Å². The van der Waals surface area contributed by atoms with Crippen LogP contribution in [-0.2, 0) is 5.41 Å². The molecule has 0 bridgehead atoms. The molecule has 0 aromatic heterocycles. The molecule has 1 unspecified atom stereocenters. The molecule has 1 saturated carbocycles. The van der Waals surface area contributed by atoms with Gasteiger partial charge in [0.2, 0.25) is 0 Å². The molecule has 0 heterocycles. The summed E-state index contributed by atoms with van der Waals surface area (Å²) in [5, 5.41) is 9.50. The van der Waals surface area contributed by atoms with Crippen molar-refractivity contribution in [3.63, 3.8) is 0 Å². The van der Waals surface area contributed by atoms with Gasteiger partial charge in [-0.1, -0.05) is 43.5 Å². The number of nitrogens with two attached hydrogens (primary N) is 1. The topological polar surface area (TPSA) is 49.8 Å². The Balaban J connectivity index is 2.29. The van der Waals surface area contributed by atoms with Crippen molar-refractivity contribution in [1.29, 1.82) is 5.26 Å². The third-order valence-electron chi connectivity index (χ3n) is 3.91. The van der Waals surface area contributed by atoms with Gasteiger partial charge < -0.3 is 5.73 Å². The summed E-state index contributed by atoms with van der Waals surface area (Å²) in [6.45, 7) is 1.98. The largest absolute Gasteiger partial charge is 0.324 e. The van der Waals surface area contributed by atoms with Crippen molar-refractivity contribution in [3.8, 4) is 6.07 Å². The molecule has 0 spiro atoms. The van der Waals surface area contributed by atoms with Crippen LogP contribution < -0.4 is 5.73 Å². The Kier molecular flexibility index (Phi) is 3.49. The highest BCUT2D eigenvalue weighted by Gasteiger charge is 2.33. The highest BCUT2D eigenvalue weighted by molar-refractivity contribution is 5.35. The van der Waals surface area contributed by atoms with Crippen LogP contribution in [0.15, 0.2) is 24.3 Å². The molecule has 0 radical (unpaired) electrons. The fourth-order valence-electron chi connectivity index (χ4n) is 2.73. The summed E-state index contributed by atoms with van der Waals surface area (Å²) in [6.07, 6.45) is 5.61. The SMILES string of the molecule is CC(N)c1ccc(C2(C#N)CCCCC2)cc1. The molecule has 2 rings (SSSR count). The van der Waals surface area contributed by atoms with Gasteiger partial charge in [-0.15, -0.1) is 0 Å². The van der Waals surface area contributed by atoms with Crippen LogP contribution in [0.3, 0.4) is 0 Å². The first-order valence-corrected chi connectivity index (χ1v) is 6.45. The molecule has 1 atom stereocenters. The average molecular weight is 228 g/mol. The fourth-order valence-corrected chi connectivity index (χ4v) is 2.73.